The average Bonchev–Trinajstić information content (AvgIpc) is 2.71. The number of fused-ring (bicyclic) bond motifs is 1. The minimum atomic E-state index is -1.06. The number of carbonyl (C=O) groups is 1. The number of hydrogen-bond donors (Lipinski definition) is 6. The first-order valence-electron chi connectivity index (χ1n) is 9.19. The molecule has 2 atom stereocenters. The summed E-state index contributed by atoms with van der Waals surface area (Å²) < 4.78 is 11.4. The summed E-state index contributed by atoms with van der Waals surface area (Å²) in [7, 11) is 0. The van der Waals surface area contributed by atoms with Gasteiger partial charge in [0.25, 0.3) is 0 Å². The molecule has 0 fully saturated rings. The Morgan fingerprint density at radius 3 is 2.26 bits per heavy atom. The molecule has 9 nitrogen and oxygen atoms in total. The summed E-state index contributed by atoms with van der Waals surface area (Å²) in [4.78, 5) is 12.7. The van der Waals surface area contributed by atoms with Crippen molar-refractivity contribution < 1.29 is 44.9 Å². The predicted molar refractivity (Wildman–Crippen MR) is 106 cm³/mol. The first-order chi connectivity index (χ1) is 14.7. The van der Waals surface area contributed by atoms with E-state index in [1.807, 2.05) is 0 Å². The van der Waals surface area contributed by atoms with Gasteiger partial charge in [0, 0.05) is 29.7 Å². The molecule has 1 unspecified atom stereocenters. The van der Waals surface area contributed by atoms with Crippen molar-refractivity contribution in [1.82, 2.24) is 0 Å². The molecule has 0 bridgehead atoms. The number of esters is 1. The lowest BCUT2D eigenvalue weighted by Gasteiger charge is -2.34. The van der Waals surface area contributed by atoms with E-state index in [2.05, 4.69) is 0 Å². The van der Waals surface area contributed by atoms with Crippen molar-refractivity contribution >= 4 is 5.97 Å². The fraction of sp³-hybridized carbons (Fsp3) is 0.136. The number of phenols is 6. The molecule has 0 amide bonds. The molecule has 1 heterocycles. The van der Waals surface area contributed by atoms with Crippen LogP contribution < -0.4 is 4.74 Å². The second-order valence-electron chi connectivity index (χ2n) is 7.09. The van der Waals surface area contributed by atoms with Gasteiger partial charge in [-0.2, -0.15) is 0 Å². The lowest BCUT2D eigenvalue weighted by Crippen LogP contribution is -2.34. The number of benzene rings is 3. The molecule has 1 aliphatic heterocycles. The monoisotopic (exact) mass is 426 g/mol. The lowest BCUT2D eigenvalue weighted by atomic mass is 9.93. The van der Waals surface area contributed by atoms with E-state index in [0.29, 0.717) is 0 Å². The number of carbonyl (C=O) groups excluding carboxylic acids is 1. The number of rotatable bonds is 3. The Labute approximate surface area is 175 Å². The van der Waals surface area contributed by atoms with Gasteiger partial charge in [-0.25, -0.2) is 4.79 Å². The molecule has 3 aromatic rings. The van der Waals surface area contributed by atoms with Crippen molar-refractivity contribution in [1.29, 1.82) is 0 Å². The highest BCUT2D eigenvalue weighted by atomic mass is 16.6. The number of aromatic hydroxyl groups is 6. The van der Waals surface area contributed by atoms with Gasteiger partial charge in [-0.1, -0.05) is 6.07 Å². The summed E-state index contributed by atoms with van der Waals surface area (Å²) in [5, 5.41) is 59.0. The summed E-state index contributed by atoms with van der Waals surface area (Å²) in [6, 6.07) is 10.2. The SMILES string of the molecule is O=C(OC1Cc2c(O)cc(O)cc2O[C@@H]1c1cc(O)c(O)c(O)c1)c1cccc(O)c1. The number of phenolic OH excluding ortho intramolecular Hbond substituents is 6. The van der Waals surface area contributed by atoms with Crippen molar-refractivity contribution in [3.05, 3.63) is 65.2 Å². The molecular formula is C22H18O9. The maximum Gasteiger partial charge on any atom is 0.338 e. The Hall–Kier alpha value is -4.27. The third-order valence-electron chi connectivity index (χ3n) is 4.93. The zero-order chi connectivity index (χ0) is 22.3. The Bertz CT molecular complexity index is 1150. The van der Waals surface area contributed by atoms with Crippen molar-refractivity contribution in [3.63, 3.8) is 0 Å². The lowest BCUT2D eigenvalue weighted by molar-refractivity contribution is -0.0189. The number of hydrogen-bond acceptors (Lipinski definition) is 9. The van der Waals surface area contributed by atoms with Crippen LogP contribution in [0.5, 0.6) is 40.2 Å². The third-order valence-corrected chi connectivity index (χ3v) is 4.93. The summed E-state index contributed by atoms with van der Waals surface area (Å²) in [5.74, 6) is -3.23. The van der Waals surface area contributed by atoms with Crippen LogP contribution in [0.2, 0.25) is 0 Å². The fourth-order valence-corrected chi connectivity index (χ4v) is 3.46. The molecule has 3 aromatic carbocycles. The largest absolute Gasteiger partial charge is 0.508 e. The fourth-order valence-electron chi connectivity index (χ4n) is 3.46. The summed E-state index contributed by atoms with van der Waals surface area (Å²) in [6.07, 6.45) is -2.10. The molecule has 0 aromatic heterocycles. The maximum absolute atomic E-state index is 12.7. The van der Waals surface area contributed by atoms with Crippen LogP contribution >= 0.6 is 0 Å². The van der Waals surface area contributed by atoms with E-state index in [4.69, 9.17) is 9.47 Å². The highest BCUT2D eigenvalue weighted by Crippen LogP contribution is 2.45. The van der Waals surface area contributed by atoms with Gasteiger partial charge in [0.15, 0.2) is 23.4 Å². The quantitative estimate of drug-likeness (QED) is 0.274. The molecule has 6 N–H and O–H groups in total. The highest BCUT2D eigenvalue weighted by Gasteiger charge is 2.37. The van der Waals surface area contributed by atoms with Crippen LogP contribution in [0.25, 0.3) is 0 Å². The summed E-state index contributed by atoms with van der Waals surface area (Å²) >= 11 is 0. The molecule has 160 valence electrons. The normalized spacial score (nSPS) is 17.4. The van der Waals surface area contributed by atoms with E-state index in [1.165, 1.54) is 30.3 Å². The molecule has 0 aliphatic carbocycles. The summed E-state index contributed by atoms with van der Waals surface area (Å²) in [6.45, 7) is 0. The van der Waals surface area contributed by atoms with E-state index in [-0.39, 0.29) is 46.1 Å². The molecule has 0 spiro atoms. The third kappa shape index (κ3) is 3.80. The van der Waals surface area contributed by atoms with Gasteiger partial charge < -0.3 is 40.1 Å². The number of ether oxygens (including phenoxy) is 2. The van der Waals surface area contributed by atoms with Gasteiger partial charge in [0.1, 0.15) is 29.1 Å². The van der Waals surface area contributed by atoms with Crippen molar-refractivity contribution in [3.8, 4) is 40.2 Å². The zero-order valence-electron chi connectivity index (χ0n) is 15.9. The molecule has 9 heteroatoms. The second-order valence-corrected chi connectivity index (χ2v) is 7.09. The van der Waals surface area contributed by atoms with Crippen LogP contribution in [0, 0.1) is 0 Å². The van der Waals surface area contributed by atoms with Gasteiger partial charge in [-0.15, -0.1) is 0 Å². The van der Waals surface area contributed by atoms with Crippen LogP contribution in [0.4, 0.5) is 0 Å². The zero-order valence-corrected chi connectivity index (χ0v) is 15.9. The van der Waals surface area contributed by atoms with Crippen molar-refractivity contribution in [2.24, 2.45) is 0 Å². The van der Waals surface area contributed by atoms with Crippen LogP contribution in [0.3, 0.4) is 0 Å². The highest BCUT2D eigenvalue weighted by molar-refractivity contribution is 5.90. The van der Waals surface area contributed by atoms with Crippen LogP contribution in [0.1, 0.15) is 27.6 Å². The maximum atomic E-state index is 12.7. The van der Waals surface area contributed by atoms with E-state index in [0.717, 1.165) is 18.2 Å². The van der Waals surface area contributed by atoms with Crippen LogP contribution in [0.15, 0.2) is 48.5 Å². The van der Waals surface area contributed by atoms with E-state index < -0.39 is 35.4 Å². The Morgan fingerprint density at radius 2 is 1.58 bits per heavy atom. The first kappa shape index (κ1) is 20.0. The first-order valence-corrected chi connectivity index (χ1v) is 9.19. The van der Waals surface area contributed by atoms with Gasteiger partial charge in [-0.3, -0.25) is 0 Å². The molecular weight excluding hydrogens is 408 g/mol. The Balaban J connectivity index is 1.74. The minimum absolute atomic E-state index is 0.0148. The second kappa shape index (κ2) is 7.52. The molecule has 1 aliphatic rings. The predicted octanol–water partition coefficient (Wildman–Crippen LogP) is 2.82. The Morgan fingerprint density at radius 1 is 0.871 bits per heavy atom. The van der Waals surface area contributed by atoms with Crippen LogP contribution in [-0.4, -0.2) is 42.7 Å². The minimum Gasteiger partial charge on any atom is -0.508 e. The molecule has 0 saturated heterocycles. The van der Waals surface area contributed by atoms with Crippen molar-refractivity contribution in [2.75, 3.05) is 0 Å². The summed E-state index contributed by atoms with van der Waals surface area (Å²) in [5.41, 5.74) is 0.542. The molecule has 4 rings (SSSR count). The average molecular weight is 426 g/mol. The van der Waals surface area contributed by atoms with Gasteiger partial charge in [-0.05, 0) is 30.3 Å². The molecule has 31 heavy (non-hydrogen) atoms. The van der Waals surface area contributed by atoms with E-state index in [9.17, 15) is 35.4 Å². The smallest absolute Gasteiger partial charge is 0.338 e. The van der Waals surface area contributed by atoms with Crippen molar-refractivity contribution in [2.45, 2.75) is 18.6 Å². The Kier molecular flexibility index (Phi) is 4.86. The van der Waals surface area contributed by atoms with Gasteiger partial charge >= 0.3 is 5.97 Å². The van der Waals surface area contributed by atoms with E-state index in [1.54, 1.807) is 0 Å². The molecule has 0 saturated carbocycles. The van der Waals surface area contributed by atoms with Gasteiger partial charge in [0.05, 0.1) is 5.56 Å². The molecule has 0 radical (unpaired) electrons. The standard InChI is InChI=1S/C22H18O9/c23-12-3-1-2-10(4-12)22(29)31-19-9-14-15(25)7-13(24)8-18(14)30-21(19)11-5-16(26)20(28)17(27)6-11/h1-8,19,21,23-28H,9H2/t19?,21-/m1/s1. The van der Waals surface area contributed by atoms with Gasteiger partial charge in [0.2, 0.25) is 0 Å². The topological polar surface area (TPSA) is 157 Å². The van der Waals surface area contributed by atoms with E-state index >= 15 is 0 Å². The van der Waals surface area contributed by atoms with Crippen LogP contribution in [-0.2, 0) is 11.2 Å².